The first kappa shape index (κ1) is 17.9. The van der Waals surface area contributed by atoms with Gasteiger partial charge in [-0.15, -0.1) is 0 Å². The van der Waals surface area contributed by atoms with Crippen LogP contribution in [0.25, 0.3) is 0 Å². The van der Waals surface area contributed by atoms with Gasteiger partial charge in [-0.05, 0) is 25.6 Å². The molecule has 0 aliphatic rings. The van der Waals surface area contributed by atoms with E-state index in [1.165, 1.54) is 25.3 Å². The van der Waals surface area contributed by atoms with Gasteiger partial charge in [0.05, 0.1) is 12.0 Å². The SMILES string of the molecule is COc1cc(C(=O)NCC(C)(C)CN(C)C)ccc1[N+](=O)[O-]. The summed E-state index contributed by atoms with van der Waals surface area (Å²) in [7, 11) is 5.29. The third-order valence-electron chi connectivity index (χ3n) is 3.11. The molecule has 1 rings (SSSR count). The van der Waals surface area contributed by atoms with Gasteiger partial charge in [0.2, 0.25) is 0 Å². The minimum Gasteiger partial charge on any atom is -0.490 e. The van der Waals surface area contributed by atoms with Crippen molar-refractivity contribution in [3.63, 3.8) is 0 Å². The third-order valence-corrected chi connectivity index (χ3v) is 3.11. The molecule has 0 aliphatic heterocycles. The van der Waals surface area contributed by atoms with Crippen LogP contribution in [0.5, 0.6) is 5.75 Å². The summed E-state index contributed by atoms with van der Waals surface area (Å²) >= 11 is 0. The zero-order valence-corrected chi connectivity index (χ0v) is 13.7. The number of methoxy groups -OCH3 is 1. The van der Waals surface area contributed by atoms with Crippen LogP contribution in [0.4, 0.5) is 5.69 Å². The summed E-state index contributed by atoms with van der Waals surface area (Å²) in [6, 6.07) is 4.08. The molecular weight excluding hydrogens is 286 g/mol. The Morgan fingerprint density at radius 3 is 2.55 bits per heavy atom. The normalized spacial score (nSPS) is 11.4. The summed E-state index contributed by atoms with van der Waals surface area (Å²) in [6.45, 7) is 5.45. The van der Waals surface area contributed by atoms with Crippen molar-refractivity contribution in [3.8, 4) is 5.75 Å². The standard InChI is InChI=1S/C15H23N3O4/c1-15(2,10-17(3)4)9-16-14(19)11-6-7-12(18(20)21)13(8-11)22-5/h6-8H,9-10H2,1-5H3,(H,16,19). The molecule has 22 heavy (non-hydrogen) atoms. The van der Waals surface area contributed by atoms with Crippen LogP contribution < -0.4 is 10.1 Å². The van der Waals surface area contributed by atoms with Crippen molar-refractivity contribution < 1.29 is 14.5 Å². The number of benzene rings is 1. The monoisotopic (exact) mass is 309 g/mol. The number of carbonyl (C=O) groups excluding carboxylic acids is 1. The molecule has 1 aromatic carbocycles. The summed E-state index contributed by atoms with van der Waals surface area (Å²) in [5.74, 6) is -0.203. The Labute approximate surface area is 130 Å². The van der Waals surface area contributed by atoms with Crippen molar-refractivity contribution in [2.75, 3.05) is 34.3 Å². The lowest BCUT2D eigenvalue weighted by Gasteiger charge is -2.28. The number of nitrogens with zero attached hydrogens (tertiary/aromatic N) is 2. The topological polar surface area (TPSA) is 84.7 Å². The molecule has 1 aromatic rings. The molecule has 0 unspecified atom stereocenters. The van der Waals surface area contributed by atoms with Gasteiger partial charge < -0.3 is 15.0 Å². The number of carbonyl (C=O) groups is 1. The average Bonchev–Trinajstić information content (AvgIpc) is 2.42. The highest BCUT2D eigenvalue weighted by Crippen LogP contribution is 2.27. The molecule has 7 heteroatoms. The fraction of sp³-hybridized carbons (Fsp3) is 0.533. The molecule has 0 fully saturated rings. The van der Waals surface area contributed by atoms with Crippen LogP contribution in [0.15, 0.2) is 18.2 Å². The predicted molar refractivity (Wildman–Crippen MR) is 84.3 cm³/mol. The van der Waals surface area contributed by atoms with Crippen molar-refractivity contribution in [1.29, 1.82) is 0 Å². The Balaban J connectivity index is 2.80. The zero-order chi connectivity index (χ0) is 16.9. The Bertz CT molecular complexity index is 556. The second-order valence-electron chi connectivity index (χ2n) is 6.23. The van der Waals surface area contributed by atoms with E-state index in [4.69, 9.17) is 4.74 Å². The van der Waals surface area contributed by atoms with Crippen LogP contribution in [0, 0.1) is 15.5 Å². The maximum absolute atomic E-state index is 12.2. The lowest BCUT2D eigenvalue weighted by atomic mass is 9.93. The molecule has 7 nitrogen and oxygen atoms in total. The van der Waals surface area contributed by atoms with Crippen molar-refractivity contribution in [1.82, 2.24) is 10.2 Å². The molecule has 0 aliphatic carbocycles. The molecule has 1 N–H and O–H groups in total. The number of rotatable bonds is 7. The molecule has 0 spiro atoms. The maximum Gasteiger partial charge on any atom is 0.310 e. The summed E-state index contributed by atoms with van der Waals surface area (Å²) < 4.78 is 4.97. The maximum atomic E-state index is 12.2. The molecular formula is C15H23N3O4. The number of amides is 1. The van der Waals surface area contributed by atoms with Crippen molar-refractivity contribution >= 4 is 11.6 Å². The molecule has 0 saturated carbocycles. The highest BCUT2D eigenvalue weighted by Gasteiger charge is 2.21. The molecule has 0 aromatic heterocycles. The first-order valence-electron chi connectivity index (χ1n) is 6.91. The minimum absolute atomic E-state index is 0.0743. The van der Waals surface area contributed by atoms with E-state index in [1.54, 1.807) is 0 Å². The molecule has 1 amide bonds. The largest absolute Gasteiger partial charge is 0.490 e. The van der Waals surface area contributed by atoms with E-state index in [0.29, 0.717) is 12.1 Å². The summed E-state index contributed by atoms with van der Waals surface area (Å²) in [5.41, 5.74) is 0.0967. The van der Waals surface area contributed by atoms with Gasteiger partial charge in [0.15, 0.2) is 5.75 Å². The number of ether oxygens (including phenoxy) is 1. The predicted octanol–water partition coefficient (Wildman–Crippen LogP) is 1.92. The van der Waals surface area contributed by atoms with E-state index >= 15 is 0 Å². The molecule has 0 saturated heterocycles. The molecule has 0 atom stereocenters. The van der Waals surface area contributed by atoms with Gasteiger partial charge in [-0.3, -0.25) is 14.9 Å². The fourth-order valence-corrected chi connectivity index (χ4v) is 2.30. The van der Waals surface area contributed by atoms with Crippen LogP contribution in [0.2, 0.25) is 0 Å². The molecule has 0 bridgehead atoms. The minimum atomic E-state index is -0.541. The van der Waals surface area contributed by atoms with Gasteiger partial charge in [-0.25, -0.2) is 0 Å². The number of nitro benzene ring substituents is 1. The number of hydrogen-bond acceptors (Lipinski definition) is 5. The van der Waals surface area contributed by atoms with Crippen LogP contribution in [0.1, 0.15) is 24.2 Å². The van der Waals surface area contributed by atoms with Crippen LogP contribution in [-0.2, 0) is 0 Å². The second-order valence-corrected chi connectivity index (χ2v) is 6.23. The van der Waals surface area contributed by atoms with Gasteiger partial charge in [-0.2, -0.15) is 0 Å². The number of hydrogen-bond donors (Lipinski definition) is 1. The fourth-order valence-electron chi connectivity index (χ4n) is 2.30. The van der Waals surface area contributed by atoms with Gasteiger partial charge in [0.1, 0.15) is 0 Å². The van der Waals surface area contributed by atoms with E-state index < -0.39 is 4.92 Å². The summed E-state index contributed by atoms with van der Waals surface area (Å²) in [6.07, 6.45) is 0. The summed E-state index contributed by atoms with van der Waals surface area (Å²) in [5, 5.41) is 13.7. The lowest BCUT2D eigenvalue weighted by molar-refractivity contribution is -0.385. The smallest absolute Gasteiger partial charge is 0.310 e. The Kier molecular flexibility index (Phi) is 5.87. The second kappa shape index (κ2) is 7.22. The molecule has 122 valence electrons. The third kappa shape index (κ3) is 5.00. The van der Waals surface area contributed by atoms with Crippen molar-refractivity contribution in [2.45, 2.75) is 13.8 Å². The van der Waals surface area contributed by atoms with Crippen LogP contribution in [-0.4, -0.2) is 50.0 Å². The van der Waals surface area contributed by atoms with Gasteiger partial charge in [-0.1, -0.05) is 13.8 Å². The van der Waals surface area contributed by atoms with E-state index in [1.807, 2.05) is 14.1 Å². The first-order chi connectivity index (χ1) is 10.2. The van der Waals surface area contributed by atoms with Gasteiger partial charge >= 0.3 is 5.69 Å². The van der Waals surface area contributed by atoms with Crippen molar-refractivity contribution in [2.24, 2.45) is 5.41 Å². The lowest BCUT2D eigenvalue weighted by Crippen LogP contribution is -2.39. The van der Waals surface area contributed by atoms with E-state index in [2.05, 4.69) is 24.1 Å². The van der Waals surface area contributed by atoms with E-state index in [0.717, 1.165) is 6.54 Å². The van der Waals surface area contributed by atoms with Gasteiger partial charge in [0.25, 0.3) is 5.91 Å². The quantitative estimate of drug-likeness (QED) is 0.614. The highest BCUT2D eigenvalue weighted by molar-refractivity contribution is 5.95. The Hall–Kier alpha value is -2.15. The highest BCUT2D eigenvalue weighted by atomic mass is 16.6. The first-order valence-corrected chi connectivity index (χ1v) is 6.91. The zero-order valence-electron chi connectivity index (χ0n) is 13.7. The number of nitro groups is 1. The van der Waals surface area contributed by atoms with E-state index in [-0.39, 0.29) is 22.8 Å². The molecule has 0 radical (unpaired) electrons. The van der Waals surface area contributed by atoms with Gasteiger partial charge in [0, 0.05) is 30.8 Å². The van der Waals surface area contributed by atoms with E-state index in [9.17, 15) is 14.9 Å². The summed E-state index contributed by atoms with van der Waals surface area (Å²) in [4.78, 5) is 24.5. The average molecular weight is 309 g/mol. The molecule has 0 heterocycles. The van der Waals surface area contributed by atoms with Crippen LogP contribution in [0.3, 0.4) is 0 Å². The van der Waals surface area contributed by atoms with Crippen molar-refractivity contribution in [3.05, 3.63) is 33.9 Å². The Morgan fingerprint density at radius 1 is 1.41 bits per heavy atom. The van der Waals surface area contributed by atoms with Crippen LogP contribution >= 0.6 is 0 Å². The number of nitrogens with one attached hydrogen (secondary N) is 1. The Morgan fingerprint density at radius 2 is 2.05 bits per heavy atom.